The first-order valence-corrected chi connectivity index (χ1v) is 9.92. The van der Waals surface area contributed by atoms with Crippen molar-refractivity contribution in [1.82, 2.24) is 15.0 Å². The first-order chi connectivity index (χ1) is 15.4. The normalized spacial score (nSPS) is 11.1. The molecule has 3 N–H and O–H groups in total. The van der Waals surface area contributed by atoms with Crippen molar-refractivity contribution >= 4 is 58.0 Å². The number of halogens is 5. The smallest absolute Gasteiger partial charge is 0.325 e. The van der Waals surface area contributed by atoms with Gasteiger partial charge in [-0.25, -0.2) is 15.0 Å². The lowest BCUT2D eigenvalue weighted by Crippen LogP contribution is -2.30. The highest BCUT2D eigenvalue weighted by molar-refractivity contribution is 6.40. The summed E-state index contributed by atoms with van der Waals surface area (Å²) < 4.78 is 38.3. The molecule has 0 aliphatic carbocycles. The average molecular weight is 499 g/mol. The Kier molecular flexibility index (Phi) is 7.04. The second-order valence-electron chi connectivity index (χ2n) is 6.68. The molecule has 0 aliphatic heterocycles. The van der Waals surface area contributed by atoms with Crippen molar-refractivity contribution in [2.75, 3.05) is 16.0 Å². The fourth-order valence-electron chi connectivity index (χ4n) is 2.73. The number of hydrogen-bond donors (Lipinski definition) is 3. The van der Waals surface area contributed by atoms with Gasteiger partial charge in [-0.1, -0.05) is 29.3 Å². The Bertz CT molecular complexity index is 1200. The number of alkyl halides is 3. The number of anilines is 4. The molecule has 0 aliphatic rings. The quantitative estimate of drug-likeness (QED) is 0.440. The lowest BCUT2D eigenvalue weighted by Gasteiger charge is -2.16. The van der Waals surface area contributed by atoms with Crippen LogP contribution in [0.25, 0.3) is 0 Å². The summed E-state index contributed by atoms with van der Waals surface area (Å²) in [6.45, 7) is 3.43. The monoisotopic (exact) mass is 498 g/mol. The molecule has 0 saturated carbocycles. The van der Waals surface area contributed by atoms with Crippen LogP contribution in [0.4, 0.5) is 36.2 Å². The number of rotatable bonds is 5. The zero-order valence-electron chi connectivity index (χ0n) is 17.0. The van der Waals surface area contributed by atoms with Gasteiger partial charge in [0.05, 0.1) is 33.2 Å². The standard InChI is InChI=1S/C20H15Cl2F3N6O2/c1-9-6-16(28-10(2)27-9)31-15-7-13(14(8-26-15)30-19(33)20(23,24)25)29-18(32)17-11(21)4-3-5-12(17)22/h3-8H,1-2H3,(H,30,33)(H2,26,27,28,29,31,32). The number of pyridine rings is 1. The molecule has 33 heavy (non-hydrogen) atoms. The van der Waals surface area contributed by atoms with Crippen LogP contribution in [0.1, 0.15) is 21.9 Å². The van der Waals surface area contributed by atoms with Crippen LogP contribution < -0.4 is 16.0 Å². The summed E-state index contributed by atoms with van der Waals surface area (Å²) in [4.78, 5) is 36.5. The molecule has 0 atom stereocenters. The Morgan fingerprint density at radius 1 is 0.939 bits per heavy atom. The van der Waals surface area contributed by atoms with E-state index in [9.17, 15) is 22.8 Å². The predicted molar refractivity (Wildman–Crippen MR) is 118 cm³/mol. The van der Waals surface area contributed by atoms with Crippen LogP contribution in [0.3, 0.4) is 0 Å². The molecule has 2 amide bonds. The van der Waals surface area contributed by atoms with E-state index in [1.165, 1.54) is 24.3 Å². The van der Waals surface area contributed by atoms with Crippen LogP contribution in [-0.4, -0.2) is 32.9 Å². The summed E-state index contributed by atoms with van der Waals surface area (Å²) in [6.07, 6.45) is -4.20. The van der Waals surface area contributed by atoms with E-state index in [1.54, 1.807) is 25.2 Å². The number of carbonyl (C=O) groups is 2. The van der Waals surface area contributed by atoms with E-state index in [2.05, 4.69) is 25.6 Å². The molecule has 0 radical (unpaired) electrons. The average Bonchev–Trinajstić information content (AvgIpc) is 2.68. The predicted octanol–water partition coefficient (Wildman–Crippen LogP) is 5.29. The van der Waals surface area contributed by atoms with Crippen LogP contribution in [0.5, 0.6) is 0 Å². The molecule has 13 heteroatoms. The van der Waals surface area contributed by atoms with Crippen molar-refractivity contribution in [3.05, 3.63) is 63.7 Å². The Labute approximate surface area is 195 Å². The molecule has 3 rings (SSSR count). The molecular formula is C20H15Cl2F3N6O2. The number of amides is 2. The van der Waals surface area contributed by atoms with E-state index in [-0.39, 0.29) is 27.1 Å². The van der Waals surface area contributed by atoms with Gasteiger partial charge in [0.25, 0.3) is 5.91 Å². The molecule has 0 saturated heterocycles. The molecule has 0 fully saturated rings. The second-order valence-corrected chi connectivity index (χ2v) is 7.50. The largest absolute Gasteiger partial charge is 0.471 e. The van der Waals surface area contributed by atoms with Gasteiger partial charge in [0.1, 0.15) is 17.5 Å². The molecule has 0 unspecified atom stereocenters. The molecule has 2 aromatic heterocycles. The Morgan fingerprint density at radius 3 is 2.21 bits per heavy atom. The molecule has 0 bridgehead atoms. The van der Waals surface area contributed by atoms with Gasteiger partial charge in [-0.15, -0.1) is 0 Å². The minimum atomic E-state index is -5.15. The summed E-state index contributed by atoms with van der Waals surface area (Å²) in [6, 6.07) is 7.22. The van der Waals surface area contributed by atoms with Crippen molar-refractivity contribution in [2.24, 2.45) is 0 Å². The van der Waals surface area contributed by atoms with Gasteiger partial charge < -0.3 is 16.0 Å². The third kappa shape index (κ3) is 6.08. The topological polar surface area (TPSA) is 109 Å². The van der Waals surface area contributed by atoms with E-state index >= 15 is 0 Å². The van der Waals surface area contributed by atoms with Gasteiger partial charge >= 0.3 is 12.1 Å². The number of carbonyl (C=O) groups excluding carboxylic acids is 2. The molecule has 2 heterocycles. The van der Waals surface area contributed by atoms with Crippen LogP contribution >= 0.6 is 23.2 Å². The third-order valence-corrected chi connectivity index (χ3v) is 4.70. The number of hydrogen-bond acceptors (Lipinski definition) is 6. The molecule has 3 aromatic rings. The summed E-state index contributed by atoms with van der Waals surface area (Å²) in [5.41, 5.74) is -0.00807. The number of nitrogens with zero attached hydrogens (tertiary/aromatic N) is 3. The summed E-state index contributed by atoms with van der Waals surface area (Å²) >= 11 is 12.1. The fraction of sp³-hybridized carbons (Fsp3) is 0.150. The first-order valence-electron chi connectivity index (χ1n) is 9.17. The lowest BCUT2D eigenvalue weighted by atomic mass is 10.2. The maximum Gasteiger partial charge on any atom is 0.471 e. The minimum Gasteiger partial charge on any atom is -0.325 e. The van der Waals surface area contributed by atoms with Gasteiger partial charge in [0.15, 0.2) is 0 Å². The van der Waals surface area contributed by atoms with Gasteiger partial charge in [-0.05, 0) is 26.0 Å². The van der Waals surface area contributed by atoms with Crippen molar-refractivity contribution in [2.45, 2.75) is 20.0 Å². The fourth-order valence-corrected chi connectivity index (χ4v) is 3.30. The maximum atomic E-state index is 12.8. The van der Waals surface area contributed by atoms with Crippen molar-refractivity contribution in [3.63, 3.8) is 0 Å². The highest BCUT2D eigenvalue weighted by Crippen LogP contribution is 2.30. The van der Waals surface area contributed by atoms with E-state index in [0.29, 0.717) is 17.3 Å². The van der Waals surface area contributed by atoms with Crippen molar-refractivity contribution in [1.29, 1.82) is 0 Å². The molecule has 172 valence electrons. The Morgan fingerprint density at radius 2 is 1.61 bits per heavy atom. The summed E-state index contributed by atoms with van der Waals surface area (Å²) in [5, 5.41) is 7.02. The zero-order valence-corrected chi connectivity index (χ0v) is 18.5. The maximum absolute atomic E-state index is 12.8. The van der Waals surface area contributed by atoms with Gasteiger partial charge in [-0.2, -0.15) is 13.2 Å². The van der Waals surface area contributed by atoms with Crippen LogP contribution in [0.2, 0.25) is 10.0 Å². The van der Waals surface area contributed by atoms with E-state index in [1.807, 2.05) is 0 Å². The number of aryl methyl sites for hydroxylation is 2. The first kappa shape index (κ1) is 24.2. The van der Waals surface area contributed by atoms with Crippen LogP contribution in [-0.2, 0) is 4.79 Å². The lowest BCUT2D eigenvalue weighted by molar-refractivity contribution is -0.167. The molecule has 1 aromatic carbocycles. The van der Waals surface area contributed by atoms with Gasteiger partial charge in [0.2, 0.25) is 0 Å². The number of aromatic nitrogens is 3. The summed E-state index contributed by atoms with van der Waals surface area (Å²) in [5.74, 6) is -2.07. The van der Waals surface area contributed by atoms with Gasteiger partial charge in [-0.3, -0.25) is 9.59 Å². The van der Waals surface area contributed by atoms with Gasteiger partial charge in [0, 0.05) is 17.8 Å². The van der Waals surface area contributed by atoms with E-state index in [0.717, 1.165) is 6.20 Å². The van der Waals surface area contributed by atoms with Crippen LogP contribution in [0.15, 0.2) is 36.5 Å². The molecule has 8 nitrogen and oxygen atoms in total. The molecule has 0 spiro atoms. The molecular weight excluding hydrogens is 484 g/mol. The Balaban J connectivity index is 1.98. The van der Waals surface area contributed by atoms with Crippen molar-refractivity contribution < 1.29 is 22.8 Å². The number of benzene rings is 1. The van der Waals surface area contributed by atoms with Crippen LogP contribution in [0, 0.1) is 13.8 Å². The third-order valence-electron chi connectivity index (χ3n) is 4.07. The highest BCUT2D eigenvalue weighted by Gasteiger charge is 2.39. The minimum absolute atomic E-state index is 0.0280. The van der Waals surface area contributed by atoms with Crippen molar-refractivity contribution in [3.8, 4) is 0 Å². The van der Waals surface area contributed by atoms with E-state index in [4.69, 9.17) is 23.2 Å². The number of nitrogens with one attached hydrogen (secondary N) is 3. The summed E-state index contributed by atoms with van der Waals surface area (Å²) in [7, 11) is 0. The zero-order chi connectivity index (χ0) is 24.3. The highest BCUT2D eigenvalue weighted by atomic mass is 35.5. The van der Waals surface area contributed by atoms with E-state index < -0.39 is 23.7 Å². The SMILES string of the molecule is Cc1cc(Nc2cc(NC(=O)c3c(Cl)cccc3Cl)c(NC(=O)C(F)(F)F)cn2)nc(C)n1. The Hall–Kier alpha value is -3.44. The second kappa shape index (κ2) is 9.59.